The van der Waals surface area contributed by atoms with E-state index in [2.05, 4.69) is 6.92 Å². The van der Waals surface area contributed by atoms with Gasteiger partial charge in [-0.05, 0) is 32.6 Å². The molecule has 0 saturated carbocycles. The van der Waals surface area contributed by atoms with E-state index in [0.29, 0.717) is 25.9 Å². The Morgan fingerprint density at radius 3 is 2.62 bits per heavy atom. The van der Waals surface area contributed by atoms with Gasteiger partial charge in [-0.2, -0.15) is 0 Å². The lowest BCUT2D eigenvalue weighted by atomic mass is 10.0. The third kappa shape index (κ3) is 3.19. The molecule has 0 N–H and O–H groups in total. The Labute approximate surface area is 96.2 Å². The lowest BCUT2D eigenvalue weighted by Crippen LogP contribution is -2.28. The van der Waals surface area contributed by atoms with Crippen LogP contribution in [-0.4, -0.2) is 38.0 Å². The molecule has 0 aliphatic carbocycles. The van der Waals surface area contributed by atoms with Crippen LogP contribution in [0.15, 0.2) is 0 Å². The van der Waals surface area contributed by atoms with E-state index in [1.165, 1.54) is 0 Å². The molecule has 2 heterocycles. The van der Waals surface area contributed by atoms with Gasteiger partial charge in [-0.15, -0.1) is 0 Å². The number of carbonyl (C=O) groups excluding carboxylic acids is 1. The van der Waals surface area contributed by atoms with Gasteiger partial charge >= 0.3 is 5.97 Å². The van der Waals surface area contributed by atoms with Gasteiger partial charge in [0.05, 0.1) is 18.1 Å². The van der Waals surface area contributed by atoms with Gasteiger partial charge in [-0.1, -0.05) is 0 Å². The van der Waals surface area contributed by atoms with Crippen molar-refractivity contribution < 1.29 is 19.0 Å². The molecule has 0 bridgehead atoms. The second kappa shape index (κ2) is 5.64. The smallest absolute Gasteiger partial charge is 0.309 e. The van der Waals surface area contributed by atoms with Crippen molar-refractivity contribution >= 4 is 5.97 Å². The molecule has 92 valence electrons. The maximum absolute atomic E-state index is 11.7. The van der Waals surface area contributed by atoms with Gasteiger partial charge in [0.1, 0.15) is 6.61 Å². The predicted octanol–water partition coefficient (Wildman–Crippen LogP) is 1.52. The molecule has 2 fully saturated rings. The van der Waals surface area contributed by atoms with E-state index in [1.807, 2.05) is 0 Å². The van der Waals surface area contributed by atoms with Crippen LogP contribution < -0.4 is 0 Å². The molecule has 0 spiro atoms. The summed E-state index contributed by atoms with van der Waals surface area (Å²) in [4.78, 5) is 11.7. The number of carbonyl (C=O) groups is 1. The van der Waals surface area contributed by atoms with Crippen molar-refractivity contribution in [2.75, 3.05) is 19.8 Å². The summed E-state index contributed by atoms with van der Waals surface area (Å²) in [5.74, 6) is -0.0426. The highest BCUT2D eigenvalue weighted by atomic mass is 16.6. The minimum Gasteiger partial charge on any atom is -0.463 e. The highest BCUT2D eigenvalue weighted by Gasteiger charge is 2.26. The fourth-order valence-electron chi connectivity index (χ4n) is 2.23. The number of rotatable bonds is 3. The molecular formula is C12H20O4. The zero-order valence-electron chi connectivity index (χ0n) is 9.81. The first-order chi connectivity index (χ1) is 7.75. The molecule has 0 aromatic heterocycles. The molecule has 2 aliphatic rings. The van der Waals surface area contributed by atoms with Crippen molar-refractivity contribution in [1.82, 2.24) is 0 Å². The SMILES string of the molecule is CC1CCC(COC(=O)C2CCOCC2)O1. The summed E-state index contributed by atoms with van der Waals surface area (Å²) in [5.41, 5.74) is 0. The zero-order valence-corrected chi connectivity index (χ0v) is 9.81. The van der Waals surface area contributed by atoms with E-state index in [4.69, 9.17) is 14.2 Å². The number of ether oxygens (including phenoxy) is 3. The van der Waals surface area contributed by atoms with E-state index < -0.39 is 0 Å². The van der Waals surface area contributed by atoms with Crippen LogP contribution in [0, 0.1) is 5.92 Å². The van der Waals surface area contributed by atoms with E-state index in [0.717, 1.165) is 25.7 Å². The average molecular weight is 228 g/mol. The molecule has 0 radical (unpaired) electrons. The lowest BCUT2D eigenvalue weighted by Gasteiger charge is -2.21. The van der Waals surface area contributed by atoms with Crippen molar-refractivity contribution in [2.24, 2.45) is 5.92 Å². The minimum absolute atomic E-state index is 0.0348. The molecule has 0 amide bonds. The summed E-state index contributed by atoms with van der Waals surface area (Å²) >= 11 is 0. The first-order valence-electron chi connectivity index (χ1n) is 6.15. The molecule has 2 aliphatic heterocycles. The highest BCUT2D eigenvalue weighted by Crippen LogP contribution is 2.21. The van der Waals surface area contributed by atoms with Crippen LogP contribution >= 0.6 is 0 Å². The average Bonchev–Trinajstić information content (AvgIpc) is 2.73. The van der Waals surface area contributed by atoms with Crippen LogP contribution in [0.3, 0.4) is 0 Å². The summed E-state index contributed by atoms with van der Waals surface area (Å²) in [6.45, 7) is 3.83. The van der Waals surface area contributed by atoms with Crippen LogP contribution in [0.25, 0.3) is 0 Å². The Morgan fingerprint density at radius 1 is 1.25 bits per heavy atom. The molecule has 16 heavy (non-hydrogen) atoms. The van der Waals surface area contributed by atoms with Crippen LogP contribution in [0.1, 0.15) is 32.6 Å². The number of hydrogen-bond acceptors (Lipinski definition) is 4. The molecule has 4 nitrogen and oxygen atoms in total. The Morgan fingerprint density at radius 2 is 2.00 bits per heavy atom. The molecule has 4 heteroatoms. The minimum atomic E-state index is -0.0774. The summed E-state index contributed by atoms with van der Waals surface area (Å²) in [6.07, 6.45) is 4.08. The standard InChI is InChI=1S/C12H20O4/c1-9-2-3-11(16-9)8-15-12(13)10-4-6-14-7-5-10/h9-11H,2-8H2,1H3. The maximum atomic E-state index is 11.7. The largest absolute Gasteiger partial charge is 0.463 e. The summed E-state index contributed by atoms with van der Waals surface area (Å²) in [6, 6.07) is 0. The Hall–Kier alpha value is -0.610. The van der Waals surface area contributed by atoms with Crippen molar-refractivity contribution in [2.45, 2.75) is 44.8 Å². The summed E-state index contributed by atoms with van der Waals surface area (Å²) in [5, 5.41) is 0. The van der Waals surface area contributed by atoms with Gasteiger partial charge in [0.2, 0.25) is 0 Å². The normalized spacial score (nSPS) is 31.6. The third-order valence-corrected chi connectivity index (χ3v) is 3.29. The lowest BCUT2D eigenvalue weighted by molar-refractivity contribution is -0.155. The van der Waals surface area contributed by atoms with Gasteiger partial charge in [-0.25, -0.2) is 0 Å². The monoisotopic (exact) mass is 228 g/mol. The fraction of sp³-hybridized carbons (Fsp3) is 0.917. The summed E-state index contributed by atoms with van der Waals surface area (Å²) in [7, 11) is 0. The quantitative estimate of drug-likeness (QED) is 0.687. The second-order valence-corrected chi connectivity index (χ2v) is 4.66. The van der Waals surface area contributed by atoms with E-state index in [-0.39, 0.29) is 18.0 Å². The van der Waals surface area contributed by atoms with Crippen LogP contribution in [-0.2, 0) is 19.0 Å². The maximum Gasteiger partial charge on any atom is 0.309 e. The summed E-state index contributed by atoms with van der Waals surface area (Å²) < 4.78 is 16.1. The van der Waals surface area contributed by atoms with Gasteiger partial charge in [-0.3, -0.25) is 4.79 Å². The van der Waals surface area contributed by atoms with Crippen LogP contribution in [0.4, 0.5) is 0 Å². The first-order valence-corrected chi connectivity index (χ1v) is 6.15. The molecule has 0 aromatic carbocycles. The van der Waals surface area contributed by atoms with E-state index >= 15 is 0 Å². The molecule has 2 rings (SSSR count). The predicted molar refractivity (Wildman–Crippen MR) is 58.1 cm³/mol. The zero-order chi connectivity index (χ0) is 11.4. The van der Waals surface area contributed by atoms with Crippen molar-refractivity contribution in [3.63, 3.8) is 0 Å². The number of esters is 1. The molecule has 2 unspecified atom stereocenters. The van der Waals surface area contributed by atoms with E-state index in [9.17, 15) is 4.79 Å². The molecular weight excluding hydrogens is 208 g/mol. The third-order valence-electron chi connectivity index (χ3n) is 3.29. The second-order valence-electron chi connectivity index (χ2n) is 4.66. The highest BCUT2D eigenvalue weighted by molar-refractivity contribution is 5.72. The molecule has 0 aromatic rings. The van der Waals surface area contributed by atoms with Gasteiger partial charge in [0.15, 0.2) is 0 Å². The van der Waals surface area contributed by atoms with Crippen molar-refractivity contribution in [3.05, 3.63) is 0 Å². The van der Waals surface area contributed by atoms with Crippen molar-refractivity contribution in [1.29, 1.82) is 0 Å². The van der Waals surface area contributed by atoms with Gasteiger partial charge in [0, 0.05) is 13.2 Å². The molecule has 2 saturated heterocycles. The van der Waals surface area contributed by atoms with Crippen LogP contribution in [0.5, 0.6) is 0 Å². The first kappa shape index (κ1) is 11.9. The van der Waals surface area contributed by atoms with Crippen LogP contribution in [0.2, 0.25) is 0 Å². The van der Waals surface area contributed by atoms with Crippen molar-refractivity contribution in [3.8, 4) is 0 Å². The Balaban J connectivity index is 1.66. The molecule has 2 atom stereocenters. The van der Waals surface area contributed by atoms with E-state index in [1.54, 1.807) is 0 Å². The topological polar surface area (TPSA) is 44.8 Å². The number of hydrogen-bond donors (Lipinski definition) is 0. The Bertz CT molecular complexity index is 235. The fourth-order valence-corrected chi connectivity index (χ4v) is 2.23. The Kier molecular flexibility index (Phi) is 4.18. The van der Waals surface area contributed by atoms with Gasteiger partial charge < -0.3 is 14.2 Å². The van der Waals surface area contributed by atoms with Gasteiger partial charge in [0.25, 0.3) is 0 Å².